The second-order valence-electron chi connectivity index (χ2n) is 9.61. The van der Waals surface area contributed by atoms with Crippen LogP contribution < -0.4 is 9.47 Å². The lowest BCUT2D eigenvalue weighted by Crippen LogP contribution is -2.10. The van der Waals surface area contributed by atoms with E-state index in [9.17, 15) is 9.90 Å². The van der Waals surface area contributed by atoms with E-state index in [1.165, 1.54) is 31.5 Å². The number of benzene rings is 3. The summed E-state index contributed by atoms with van der Waals surface area (Å²) in [5, 5.41) is 9.40. The van der Waals surface area contributed by atoms with Crippen LogP contribution in [0.5, 0.6) is 11.8 Å². The molecule has 5 aromatic rings. The Bertz CT molecular complexity index is 1770. The van der Waals surface area contributed by atoms with Crippen LogP contribution in [0.1, 0.15) is 32.9 Å². The number of aromatic nitrogens is 4. The number of hydrogen-bond acceptors (Lipinski definition) is 7. The zero-order valence-electron chi connectivity index (χ0n) is 23.2. The molecule has 0 aliphatic rings. The largest absolute Gasteiger partial charge is 0.496 e. The number of imidazole rings is 1. The number of ether oxygens (including phenoxy) is 3. The maximum atomic E-state index is 15.4. The van der Waals surface area contributed by atoms with E-state index >= 15 is 8.78 Å². The lowest BCUT2D eigenvalue weighted by atomic mass is 10.0. The minimum Gasteiger partial charge on any atom is -0.496 e. The number of rotatable bonds is 11. The number of methoxy groups -OCH3 is 2. The van der Waals surface area contributed by atoms with Crippen LogP contribution in [0.3, 0.4) is 0 Å². The Labute approximate surface area is 240 Å². The summed E-state index contributed by atoms with van der Waals surface area (Å²) >= 11 is 0. The summed E-state index contributed by atoms with van der Waals surface area (Å²) in [7, 11) is 3.11. The van der Waals surface area contributed by atoms with Gasteiger partial charge in [0.25, 0.3) is 0 Å². The number of carboxylic acid groups (broad SMARTS) is 1. The molecule has 5 rings (SSSR count). The van der Waals surface area contributed by atoms with Crippen LogP contribution in [-0.2, 0) is 24.3 Å². The SMILES string of the molecule is COCCn1c(Cc2cc(F)c(-c3ccnc(OCc4ccc(C)cc4OC)n3)cc2F)nc2ccc(C(=O)O)cc21. The van der Waals surface area contributed by atoms with Crippen molar-refractivity contribution in [1.29, 1.82) is 0 Å². The zero-order valence-corrected chi connectivity index (χ0v) is 23.2. The molecule has 1 N–H and O–H groups in total. The van der Waals surface area contributed by atoms with Gasteiger partial charge in [-0.15, -0.1) is 0 Å². The number of carbonyl (C=O) groups is 1. The summed E-state index contributed by atoms with van der Waals surface area (Å²) in [6, 6.07) is 13.9. The molecule has 0 fully saturated rings. The maximum Gasteiger partial charge on any atom is 0.335 e. The Morgan fingerprint density at radius 2 is 1.81 bits per heavy atom. The number of fused-ring (bicyclic) bond motifs is 1. The van der Waals surface area contributed by atoms with Crippen LogP contribution >= 0.6 is 0 Å². The Morgan fingerprint density at radius 1 is 0.976 bits per heavy atom. The highest BCUT2D eigenvalue weighted by molar-refractivity contribution is 5.92. The lowest BCUT2D eigenvalue weighted by molar-refractivity contribution is 0.0697. The van der Waals surface area contributed by atoms with Crippen molar-refractivity contribution in [3.63, 3.8) is 0 Å². The van der Waals surface area contributed by atoms with E-state index < -0.39 is 17.6 Å². The van der Waals surface area contributed by atoms with Gasteiger partial charge in [-0.25, -0.2) is 23.5 Å². The molecular formula is C31H28F2N4O5. The smallest absolute Gasteiger partial charge is 0.335 e. The van der Waals surface area contributed by atoms with Crippen LogP contribution in [0.4, 0.5) is 8.78 Å². The van der Waals surface area contributed by atoms with E-state index in [0.29, 0.717) is 35.8 Å². The molecule has 0 radical (unpaired) electrons. The summed E-state index contributed by atoms with van der Waals surface area (Å²) in [5.41, 5.74) is 3.23. The molecule has 2 heterocycles. The predicted molar refractivity (Wildman–Crippen MR) is 151 cm³/mol. The van der Waals surface area contributed by atoms with Crippen LogP contribution in [0.15, 0.2) is 60.8 Å². The fourth-order valence-electron chi connectivity index (χ4n) is 4.64. The van der Waals surface area contributed by atoms with Crippen molar-refractivity contribution in [3.8, 4) is 23.0 Å². The number of carboxylic acids is 1. The fourth-order valence-corrected chi connectivity index (χ4v) is 4.64. The van der Waals surface area contributed by atoms with Gasteiger partial charge in [-0.3, -0.25) is 0 Å². The molecule has 0 aliphatic carbocycles. The number of halogens is 2. The molecule has 42 heavy (non-hydrogen) atoms. The fraction of sp³-hybridized carbons (Fsp3) is 0.226. The van der Waals surface area contributed by atoms with Gasteiger partial charge in [0.15, 0.2) is 0 Å². The Kier molecular flexibility index (Phi) is 8.39. The first kappa shape index (κ1) is 28.6. The first-order valence-corrected chi connectivity index (χ1v) is 13.1. The van der Waals surface area contributed by atoms with Crippen molar-refractivity contribution in [3.05, 3.63) is 101 Å². The van der Waals surface area contributed by atoms with Gasteiger partial charge in [0.05, 0.1) is 36.0 Å². The number of hydrogen-bond donors (Lipinski definition) is 1. The molecule has 216 valence electrons. The second kappa shape index (κ2) is 12.3. The first-order valence-electron chi connectivity index (χ1n) is 13.1. The van der Waals surface area contributed by atoms with Gasteiger partial charge in [-0.05, 0) is 60.5 Å². The van der Waals surface area contributed by atoms with Crippen molar-refractivity contribution in [1.82, 2.24) is 19.5 Å². The van der Waals surface area contributed by atoms with Crippen molar-refractivity contribution < 1.29 is 32.9 Å². The summed E-state index contributed by atoms with van der Waals surface area (Å²) in [4.78, 5) is 24.4. The van der Waals surface area contributed by atoms with E-state index in [1.807, 2.05) is 25.1 Å². The minimum atomic E-state index is -1.07. The Hall–Kier alpha value is -4.90. The van der Waals surface area contributed by atoms with Gasteiger partial charge in [0.1, 0.15) is 29.8 Å². The van der Waals surface area contributed by atoms with Gasteiger partial charge in [0.2, 0.25) is 0 Å². The highest BCUT2D eigenvalue weighted by atomic mass is 19.1. The lowest BCUT2D eigenvalue weighted by Gasteiger charge is -2.12. The van der Waals surface area contributed by atoms with Crippen molar-refractivity contribution in [2.45, 2.75) is 26.5 Å². The molecular weight excluding hydrogens is 546 g/mol. The number of aryl methyl sites for hydroxylation is 1. The molecule has 0 amide bonds. The van der Waals surface area contributed by atoms with Gasteiger partial charge < -0.3 is 23.9 Å². The van der Waals surface area contributed by atoms with E-state index in [0.717, 1.165) is 23.3 Å². The predicted octanol–water partition coefficient (Wildman–Crippen LogP) is 5.60. The maximum absolute atomic E-state index is 15.4. The second-order valence-corrected chi connectivity index (χ2v) is 9.61. The third-order valence-corrected chi connectivity index (χ3v) is 6.79. The van der Waals surface area contributed by atoms with Crippen LogP contribution in [0.25, 0.3) is 22.3 Å². The number of nitrogens with zero attached hydrogens (tertiary/aromatic N) is 4. The average Bonchev–Trinajstić information content (AvgIpc) is 3.33. The molecule has 0 saturated heterocycles. The topological polar surface area (TPSA) is 109 Å². The molecule has 11 heteroatoms. The third-order valence-electron chi connectivity index (χ3n) is 6.79. The third kappa shape index (κ3) is 6.06. The minimum absolute atomic E-state index is 0.00611. The molecule has 3 aromatic carbocycles. The molecule has 0 atom stereocenters. The average molecular weight is 575 g/mol. The van der Waals surface area contributed by atoms with E-state index in [1.54, 1.807) is 17.7 Å². The van der Waals surface area contributed by atoms with E-state index in [-0.39, 0.29) is 41.4 Å². The van der Waals surface area contributed by atoms with Crippen molar-refractivity contribution >= 4 is 17.0 Å². The highest BCUT2D eigenvalue weighted by Gasteiger charge is 2.19. The highest BCUT2D eigenvalue weighted by Crippen LogP contribution is 2.28. The molecule has 0 unspecified atom stereocenters. The van der Waals surface area contributed by atoms with Gasteiger partial charge in [-0.1, -0.05) is 12.1 Å². The van der Waals surface area contributed by atoms with Gasteiger partial charge in [0, 0.05) is 37.4 Å². The Balaban J connectivity index is 1.41. The molecule has 9 nitrogen and oxygen atoms in total. The first-order chi connectivity index (χ1) is 20.3. The van der Waals surface area contributed by atoms with Crippen LogP contribution in [-0.4, -0.2) is 51.4 Å². The van der Waals surface area contributed by atoms with Gasteiger partial charge in [-0.2, -0.15) is 4.98 Å². The normalized spacial score (nSPS) is 11.2. The van der Waals surface area contributed by atoms with E-state index in [4.69, 9.17) is 14.2 Å². The zero-order chi connectivity index (χ0) is 29.8. The monoisotopic (exact) mass is 574 g/mol. The van der Waals surface area contributed by atoms with Crippen LogP contribution in [0, 0.1) is 18.6 Å². The standard InChI is InChI=1S/C31H28F2N4O5/c1-18-4-5-20(28(12-18)41-3)17-42-31-34-9-8-25(36-31)22-16-23(32)21(13-24(22)33)15-29-35-26-7-6-19(30(38)39)14-27(26)37(29)10-11-40-2/h4-9,12-14,16H,10-11,15,17H2,1-3H3,(H,38,39). The molecule has 0 spiro atoms. The molecule has 0 saturated carbocycles. The summed E-state index contributed by atoms with van der Waals surface area (Å²) in [6.07, 6.45) is 1.39. The molecule has 2 aromatic heterocycles. The Morgan fingerprint density at radius 3 is 2.57 bits per heavy atom. The van der Waals surface area contributed by atoms with Gasteiger partial charge >= 0.3 is 12.0 Å². The quantitative estimate of drug-likeness (QED) is 0.217. The summed E-state index contributed by atoms with van der Waals surface area (Å²) in [5.74, 6) is -1.29. The molecule has 0 bridgehead atoms. The summed E-state index contributed by atoms with van der Waals surface area (Å²) < 4.78 is 48.9. The van der Waals surface area contributed by atoms with Crippen LogP contribution in [0.2, 0.25) is 0 Å². The molecule has 0 aliphatic heterocycles. The van der Waals surface area contributed by atoms with E-state index in [2.05, 4.69) is 15.0 Å². The number of aromatic carboxylic acids is 1. The van der Waals surface area contributed by atoms with Crippen molar-refractivity contribution in [2.24, 2.45) is 0 Å². The summed E-state index contributed by atoms with van der Waals surface area (Å²) in [6.45, 7) is 2.75. The van der Waals surface area contributed by atoms with Crippen molar-refractivity contribution in [2.75, 3.05) is 20.8 Å².